The normalized spacial score (nSPS) is 12.9. The number of nitrogens with zero attached hydrogens (tertiary/aromatic N) is 1. The van der Waals surface area contributed by atoms with Gasteiger partial charge in [-0.15, -0.1) is 0 Å². The van der Waals surface area contributed by atoms with E-state index in [9.17, 15) is 0 Å². The molecule has 68 valence electrons. The van der Waals surface area contributed by atoms with E-state index in [1.165, 1.54) is 0 Å². The van der Waals surface area contributed by atoms with Crippen molar-refractivity contribution in [2.75, 3.05) is 13.2 Å². The average molecular weight is 185 g/mol. The topological polar surface area (TPSA) is 42.2 Å². The highest BCUT2D eigenvalue weighted by molar-refractivity contribution is 6.39. The first-order valence-electron chi connectivity index (χ1n) is 4.13. The average Bonchev–Trinajstić information content (AvgIpc) is 2.05. The van der Waals surface area contributed by atoms with Gasteiger partial charge in [-0.25, -0.2) is 0 Å². The standard InChI is InChI=1S/C8H15NO2Si/c1-4-10-8(11-5-2)12-7(3)6-9/h7-8H,4-5H2,1-3H3. The van der Waals surface area contributed by atoms with Gasteiger partial charge in [0.1, 0.15) is 15.4 Å². The smallest absolute Gasteiger partial charge is 0.138 e. The van der Waals surface area contributed by atoms with E-state index in [0.717, 1.165) is 0 Å². The van der Waals surface area contributed by atoms with Crippen LogP contribution in [0, 0.1) is 11.3 Å². The molecule has 0 aliphatic carbocycles. The monoisotopic (exact) mass is 185 g/mol. The number of nitriles is 1. The Morgan fingerprint density at radius 3 is 2.17 bits per heavy atom. The van der Waals surface area contributed by atoms with E-state index in [4.69, 9.17) is 14.7 Å². The molecule has 0 bridgehead atoms. The fourth-order valence-corrected chi connectivity index (χ4v) is 1.70. The minimum absolute atomic E-state index is 0.0214. The van der Waals surface area contributed by atoms with Crippen LogP contribution in [0.4, 0.5) is 0 Å². The van der Waals surface area contributed by atoms with Crippen LogP contribution in [0.25, 0.3) is 0 Å². The van der Waals surface area contributed by atoms with Crippen LogP contribution in [0.15, 0.2) is 0 Å². The zero-order valence-electron chi connectivity index (χ0n) is 7.83. The summed E-state index contributed by atoms with van der Waals surface area (Å²) in [6, 6.07) is 2.16. The van der Waals surface area contributed by atoms with E-state index in [2.05, 4.69) is 6.07 Å². The molecule has 0 heterocycles. The van der Waals surface area contributed by atoms with Gasteiger partial charge < -0.3 is 9.47 Å². The number of hydrogen-bond acceptors (Lipinski definition) is 3. The van der Waals surface area contributed by atoms with Crippen molar-refractivity contribution in [1.82, 2.24) is 0 Å². The molecular weight excluding hydrogens is 170 g/mol. The molecular formula is C8H15NO2Si. The van der Waals surface area contributed by atoms with Crippen molar-refractivity contribution < 1.29 is 9.47 Å². The van der Waals surface area contributed by atoms with Crippen molar-refractivity contribution >= 4 is 9.52 Å². The van der Waals surface area contributed by atoms with Crippen molar-refractivity contribution in [2.24, 2.45) is 0 Å². The van der Waals surface area contributed by atoms with Crippen molar-refractivity contribution in [2.45, 2.75) is 32.2 Å². The third kappa shape index (κ3) is 5.30. The Balaban J connectivity index is 3.70. The van der Waals surface area contributed by atoms with Crippen LogP contribution >= 0.6 is 0 Å². The number of rotatable bonds is 6. The van der Waals surface area contributed by atoms with E-state index in [1.807, 2.05) is 20.8 Å². The minimum atomic E-state index is -0.186. The Morgan fingerprint density at radius 2 is 1.83 bits per heavy atom. The maximum Gasteiger partial charge on any atom is 0.138 e. The molecule has 0 N–H and O–H groups in total. The first-order chi connectivity index (χ1) is 5.74. The zero-order chi connectivity index (χ0) is 9.40. The van der Waals surface area contributed by atoms with Crippen molar-refractivity contribution in [1.29, 1.82) is 5.26 Å². The summed E-state index contributed by atoms with van der Waals surface area (Å²) in [4.78, 5) is 0. The third-order valence-corrected chi connectivity index (χ3v) is 2.45. The molecule has 1 atom stereocenters. The predicted molar refractivity (Wildman–Crippen MR) is 47.8 cm³/mol. The molecule has 2 radical (unpaired) electrons. The second-order valence-corrected chi connectivity index (χ2v) is 3.93. The highest BCUT2D eigenvalue weighted by atomic mass is 28.2. The number of ether oxygens (including phenoxy) is 2. The maximum atomic E-state index is 8.57. The van der Waals surface area contributed by atoms with Gasteiger partial charge in [0.2, 0.25) is 0 Å². The highest BCUT2D eigenvalue weighted by Crippen LogP contribution is 2.04. The van der Waals surface area contributed by atoms with Crippen molar-refractivity contribution in [3.05, 3.63) is 0 Å². The van der Waals surface area contributed by atoms with E-state index in [-0.39, 0.29) is 11.5 Å². The predicted octanol–water partition coefficient (Wildman–Crippen LogP) is 1.38. The molecule has 0 aromatic heterocycles. The van der Waals surface area contributed by atoms with Crippen LogP contribution in [0.2, 0.25) is 5.54 Å². The first kappa shape index (κ1) is 11.6. The van der Waals surface area contributed by atoms with E-state index in [0.29, 0.717) is 22.7 Å². The summed E-state index contributed by atoms with van der Waals surface area (Å²) >= 11 is 0. The Labute approximate surface area is 76.5 Å². The van der Waals surface area contributed by atoms with Crippen LogP contribution in [-0.4, -0.2) is 28.6 Å². The van der Waals surface area contributed by atoms with E-state index >= 15 is 0 Å². The summed E-state index contributed by atoms with van der Waals surface area (Å²) in [5.41, 5.74) is 0.0214. The van der Waals surface area contributed by atoms with Gasteiger partial charge >= 0.3 is 0 Å². The number of hydrogen-bond donors (Lipinski definition) is 0. The molecule has 12 heavy (non-hydrogen) atoms. The van der Waals surface area contributed by atoms with E-state index in [1.54, 1.807) is 0 Å². The zero-order valence-corrected chi connectivity index (χ0v) is 8.83. The summed E-state index contributed by atoms with van der Waals surface area (Å²) < 4.78 is 10.6. The van der Waals surface area contributed by atoms with Gasteiger partial charge in [0.25, 0.3) is 0 Å². The molecule has 0 aromatic carbocycles. The van der Waals surface area contributed by atoms with Crippen LogP contribution in [0.5, 0.6) is 0 Å². The van der Waals surface area contributed by atoms with Crippen LogP contribution in [-0.2, 0) is 9.47 Å². The summed E-state index contributed by atoms with van der Waals surface area (Å²) in [7, 11) is 0.405. The molecule has 0 saturated carbocycles. The molecule has 0 fully saturated rings. The quantitative estimate of drug-likeness (QED) is 0.464. The maximum absolute atomic E-state index is 8.57. The lowest BCUT2D eigenvalue weighted by molar-refractivity contribution is -0.0830. The van der Waals surface area contributed by atoms with Crippen molar-refractivity contribution in [3.63, 3.8) is 0 Å². The Kier molecular flexibility index (Phi) is 7.06. The largest absolute Gasteiger partial charge is 0.357 e. The molecule has 0 spiro atoms. The highest BCUT2D eigenvalue weighted by Gasteiger charge is 2.13. The van der Waals surface area contributed by atoms with Gasteiger partial charge in [0.05, 0.1) is 6.07 Å². The van der Waals surface area contributed by atoms with Gasteiger partial charge in [-0.05, 0) is 13.8 Å². The Hall–Kier alpha value is -0.373. The molecule has 0 amide bonds. The lowest BCUT2D eigenvalue weighted by Gasteiger charge is -2.16. The molecule has 3 nitrogen and oxygen atoms in total. The molecule has 0 aliphatic heterocycles. The molecule has 1 unspecified atom stereocenters. The van der Waals surface area contributed by atoms with Gasteiger partial charge in [0, 0.05) is 18.8 Å². The summed E-state index contributed by atoms with van der Waals surface area (Å²) in [6.07, 6.45) is 0. The second-order valence-electron chi connectivity index (χ2n) is 2.26. The summed E-state index contributed by atoms with van der Waals surface area (Å²) in [6.45, 7) is 7.00. The van der Waals surface area contributed by atoms with Gasteiger partial charge in [0.15, 0.2) is 0 Å². The minimum Gasteiger partial charge on any atom is -0.357 e. The van der Waals surface area contributed by atoms with Crippen LogP contribution in [0.1, 0.15) is 20.8 Å². The molecule has 0 aromatic rings. The van der Waals surface area contributed by atoms with Gasteiger partial charge in [-0.1, -0.05) is 6.92 Å². The molecule has 0 aliphatic rings. The summed E-state index contributed by atoms with van der Waals surface area (Å²) in [5, 5.41) is 8.57. The first-order valence-corrected chi connectivity index (χ1v) is 5.28. The third-order valence-electron chi connectivity index (χ3n) is 1.22. The van der Waals surface area contributed by atoms with Crippen LogP contribution in [0.3, 0.4) is 0 Å². The van der Waals surface area contributed by atoms with E-state index < -0.39 is 0 Å². The lowest BCUT2D eigenvalue weighted by atomic mass is 10.5. The van der Waals surface area contributed by atoms with Gasteiger partial charge in [-0.3, -0.25) is 0 Å². The molecule has 0 saturated heterocycles. The van der Waals surface area contributed by atoms with Crippen molar-refractivity contribution in [3.8, 4) is 6.07 Å². The fourth-order valence-electron chi connectivity index (χ4n) is 0.688. The van der Waals surface area contributed by atoms with Crippen LogP contribution < -0.4 is 0 Å². The fraction of sp³-hybridized carbons (Fsp3) is 0.875. The molecule has 0 rings (SSSR count). The Morgan fingerprint density at radius 1 is 1.33 bits per heavy atom. The van der Waals surface area contributed by atoms with Gasteiger partial charge in [-0.2, -0.15) is 5.26 Å². The summed E-state index contributed by atoms with van der Waals surface area (Å²) in [5.74, 6) is -0.186. The molecule has 4 heteroatoms. The SMILES string of the molecule is CCOC(OCC)[Si]C(C)C#N. The second kappa shape index (κ2) is 7.29. The lowest BCUT2D eigenvalue weighted by Crippen LogP contribution is -2.26. The Bertz CT molecular complexity index is 140.